The molecule has 1 aromatic carbocycles. The summed E-state index contributed by atoms with van der Waals surface area (Å²) < 4.78 is 24.8. The Morgan fingerprint density at radius 3 is 2.96 bits per heavy atom. The molecule has 6 nitrogen and oxygen atoms in total. The van der Waals surface area contributed by atoms with Crippen molar-refractivity contribution in [3.63, 3.8) is 0 Å². The summed E-state index contributed by atoms with van der Waals surface area (Å²) in [6, 6.07) is 6.16. The van der Waals surface area contributed by atoms with Gasteiger partial charge < -0.3 is 14.1 Å². The number of ether oxygens (including phenoxy) is 1. The molecule has 7 heteroatoms. The van der Waals surface area contributed by atoms with Crippen molar-refractivity contribution < 1.29 is 18.3 Å². The fourth-order valence-electron chi connectivity index (χ4n) is 2.93. The van der Waals surface area contributed by atoms with Crippen LogP contribution in [0.25, 0.3) is 10.9 Å². The molecule has 0 spiro atoms. The minimum atomic E-state index is -0.356. The molecule has 1 fully saturated rings. The van der Waals surface area contributed by atoms with Crippen molar-refractivity contribution in [2.75, 3.05) is 13.1 Å². The topological polar surface area (TPSA) is 68.5 Å². The number of carbonyl (C=O) groups is 1. The second kappa shape index (κ2) is 6.51. The van der Waals surface area contributed by atoms with Gasteiger partial charge >= 0.3 is 0 Å². The Morgan fingerprint density at radius 1 is 1.28 bits per heavy atom. The van der Waals surface area contributed by atoms with Crippen molar-refractivity contribution in [2.45, 2.75) is 19.4 Å². The summed E-state index contributed by atoms with van der Waals surface area (Å²) in [6.07, 6.45) is 4.96. The van der Waals surface area contributed by atoms with Crippen molar-refractivity contribution in [3.05, 3.63) is 54.1 Å². The Hall–Kier alpha value is -2.96. The number of hydrogen-bond donors (Lipinski definition) is 0. The number of oxazole rings is 1. The quantitative estimate of drug-likeness (QED) is 0.729. The molecular formula is C18H16FN3O3. The Kier molecular flexibility index (Phi) is 4.05. The van der Waals surface area contributed by atoms with E-state index < -0.39 is 0 Å². The van der Waals surface area contributed by atoms with Crippen molar-refractivity contribution in [2.24, 2.45) is 0 Å². The molecule has 0 radical (unpaired) electrons. The summed E-state index contributed by atoms with van der Waals surface area (Å²) >= 11 is 0. The molecule has 0 atom stereocenters. The summed E-state index contributed by atoms with van der Waals surface area (Å²) in [7, 11) is 0. The Bertz CT molecular complexity index is 919. The number of benzene rings is 1. The van der Waals surface area contributed by atoms with Gasteiger partial charge in [-0.1, -0.05) is 0 Å². The van der Waals surface area contributed by atoms with E-state index in [0.717, 1.165) is 25.9 Å². The van der Waals surface area contributed by atoms with E-state index in [-0.39, 0.29) is 29.9 Å². The molecule has 25 heavy (non-hydrogen) atoms. The Morgan fingerprint density at radius 2 is 2.12 bits per heavy atom. The molecule has 1 aliphatic rings. The van der Waals surface area contributed by atoms with E-state index in [4.69, 9.17) is 9.15 Å². The van der Waals surface area contributed by atoms with E-state index in [1.54, 1.807) is 23.2 Å². The van der Waals surface area contributed by atoms with Gasteiger partial charge in [0.05, 0.1) is 0 Å². The highest BCUT2D eigenvalue weighted by Crippen LogP contribution is 2.26. The smallest absolute Gasteiger partial charge is 0.275 e. The van der Waals surface area contributed by atoms with Crippen LogP contribution in [-0.2, 0) is 6.61 Å². The summed E-state index contributed by atoms with van der Waals surface area (Å²) in [5.41, 5.74) is 0.713. The van der Waals surface area contributed by atoms with Gasteiger partial charge in [-0.15, -0.1) is 0 Å². The number of halogens is 1. The molecule has 1 amide bonds. The van der Waals surface area contributed by atoms with Crippen LogP contribution < -0.4 is 4.74 Å². The molecule has 3 heterocycles. The normalized spacial score (nSPS) is 14.2. The van der Waals surface area contributed by atoms with Crippen molar-refractivity contribution in [3.8, 4) is 5.75 Å². The molecule has 0 saturated carbocycles. The fraction of sp³-hybridized carbons (Fsp3) is 0.278. The lowest BCUT2D eigenvalue weighted by Gasteiger charge is -2.12. The predicted molar refractivity (Wildman–Crippen MR) is 87.7 cm³/mol. The first-order valence-corrected chi connectivity index (χ1v) is 8.12. The van der Waals surface area contributed by atoms with Crippen LogP contribution in [0.1, 0.15) is 29.2 Å². The Labute approximate surface area is 143 Å². The van der Waals surface area contributed by atoms with E-state index in [2.05, 4.69) is 9.97 Å². The van der Waals surface area contributed by atoms with Crippen LogP contribution in [0, 0.1) is 5.82 Å². The van der Waals surface area contributed by atoms with Gasteiger partial charge in [0.15, 0.2) is 12.3 Å². The van der Waals surface area contributed by atoms with Crippen LogP contribution in [-0.4, -0.2) is 33.9 Å². The number of hydrogen-bond acceptors (Lipinski definition) is 5. The van der Waals surface area contributed by atoms with E-state index >= 15 is 0 Å². The molecule has 3 aromatic rings. The highest BCUT2D eigenvalue weighted by Gasteiger charge is 2.22. The second-order valence-corrected chi connectivity index (χ2v) is 5.86. The van der Waals surface area contributed by atoms with Crippen LogP contribution in [0.2, 0.25) is 0 Å². The van der Waals surface area contributed by atoms with Crippen molar-refractivity contribution in [1.29, 1.82) is 0 Å². The van der Waals surface area contributed by atoms with Crippen LogP contribution >= 0.6 is 0 Å². The molecule has 0 aliphatic carbocycles. The maximum Gasteiger partial charge on any atom is 0.275 e. The molecule has 1 aliphatic heterocycles. The number of rotatable bonds is 4. The van der Waals surface area contributed by atoms with Crippen LogP contribution in [0.3, 0.4) is 0 Å². The summed E-state index contributed by atoms with van der Waals surface area (Å²) in [4.78, 5) is 22.4. The molecule has 4 rings (SSSR count). The van der Waals surface area contributed by atoms with Crippen molar-refractivity contribution >= 4 is 16.8 Å². The van der Waals surface area contributed by atoms with Crippen LogP contribution in [0.4, 0.5) is 4.39 Å². The SMILES string of the molecule is O=C(c1coc(COc2ccc(F)c3cccnc23)n1)N1CCCC1. The minimum absolute atomic E-state index is 0.0323. The van der Waals surface area contributed by atoms with E-state index in [1.807, 2.05) is 0 Å². The lowest BCUT2D eigenvalue weighted by atomic mass is 10.2. The van der Waals surface area contributed by atoms with Gasteiger partial charge in [-0.25, -0.2) is 9.37 Å². The van der Waals surface area contributed by atoms with Gasteiger partial charge in [0, 0.05) is 24.7 Å². The standard InChI is InChI=1S/C18H16FN3O3/c19-13-5-6-15(17-12(13)4-3-7-20-17)24-11-16-21-14(10-25-16)18(23)22-8-1-2-9-22/h3-7,10H,1-2,8-9,11H2. The zero-order valence-corrected chi connectivity index (χ0v) is 13.4. The van der Waals surface area contributed by atoms with Gasteiger partial charge in [0.25, 0.3) is 5.91 Å². The number of carbonyl (C=O) groups excluding carboxylic acids is 1. The molecule has 1 saturated heterocycles. The second-order valence-electron chi connectivity index (χ2n) is 5.86. The van der Waals surface area contributed by atoms with Gasteiger partial charge in [-0.3, -0.25) is 9.78 Å². The Balaban J connectivity index is 1.49. The maximum atomic E-state index is 13.8. The highest BCUT2D eigenvalue weighted by molar-refractivity contribution is 5.92. The third kappa shape index (κ3) is 3.05. The summed E-state index contributed by atoms with van der Waals surface area (Å²) in [5.74, 6) is 0.241. The number of aromatic nitrogens is 2. The number of likely N-dealkylation sites (tertiary alicyclic amines) is 1. The van der Waals surface area contributed by atoms with E-state index in [9.17, 15) is 9.18 Å². The van der Waals surface area contributed by atoms with Crippen LogP contribution in [0.15, 0.2) is 41.1 Å². The lowest BCUT2D eigenvalue weighted by molar-refractivity contribution is 0.0787. The molecular weight excluding hydrogens is 325 g/mol. The molecule has 2 aromatic heterocycles. The molecule has 0 N–H and O–H groups in total. The van der Waals surface area contributed by atoms with Crippen LogP contribution in [0.5, 0.6) is 5.75 Å². The van der Waals surface area contributed by atoms with Gasteiger partial charge in [0.2, 0.25) is 5.89 Å². The predicted octanol–water partition coefficient (Wildman–Crippen LogP) is 3.18. The third-order valence-electron chi connectivity index (χ3n) is 4.19. The fourth-order valence-corrected chi connectivity index (χ4v) is 2.93. The van der Waals surface area contributed by atoms with Gasteiger partial charge in [-0.05, 0) is 37.1 Å². The maximum absolute atomic E-state index is 13.8. The van der Waals surface area contributed by atoms with Gasteiger partial charge in [-0.2, -0.15) is 0 Å². The van der Waals surface area contributed by atoms with E-state index in [0.29, 0.717) is 16.7 Å². The highest BCUT2D eigenvalue weighted by atomic mass is 19.1. The zero-order valence-electron chi connectivity index (χ0n) is 13.4. The lowest BCUT2D eigenvalue weighted by Crippen LogP contribution is -2.27. The number of amides is 1. The largest absolute Gasteiger partial charge is 0.482 e. The monoisotopic (exact) mass is 341 g/mol. The zero-order chi connectivity index (χ0) is 17.2. The van der Waals surface area contributed by atoms with Gasteiger partial charge in [0.1, 0.15) is 23.3 Å². The first-order valence-electron chi connectivity index (χ1n) is 8.12. The molecule has 128 valence electrons. The first kappa shape index (κ1) is 15.6. The summed E-state index contributed by atoms with van der Waals surface area (Å²) in [6.45, 7) is 1.54. The average Bonchev–Trinajstić information content (AvgIpc) is 3.33. The van der Waals surface area contributed by atoms with Crippen molar-refractivity contribution in [1.82, 2.24) is 14.9 Å². The summed E-state index contributed by atoms with van der Waals surface area (Å²) in [5, 5.41) is 0.386. The van der Waals surface area contributed by atoms with E-state index in [1.165, 1.54) is 18.4 Å². The number of pyridine rings is 1. The minimum Gasteiger partial charge on any atom is -0.482 e. The average molecular weight is 341 g/mol. The molecule has 0 bridgehead atoms. The third-order valence-corrected chi connectivity index (χ3v) is 4.19. The first-order chi connectivity index (χ1) is 12.2. The molecule has 0 unspecified atom stereocenters. The number of fused-ring (bicyclic) bond motifs is 1. The number of nitrogens with zero attached hydrogens (tertiary/aromatic N) is 3.